The molecule has 1 aliphatic rings. The fourth-order valence-electron chi connectivity index (χ4n) is 4.77. The van der Waals surface area contributed by atoms with E-state index in [0.717, 1.165) is 33.4 Å². The van der Waals surface area contributed by atoms with Gasteiger partial charge in [-0.3, -0.25) is 20.1 Å². The molecule has 0 radical (unpaired) electrons. The van der Waals surface area contributed by atoms with E-state index in [1.165, 1.54) is 0 Å². The number of anilines is 2. The summed E-state index contributed by atoms with van der Waals surface area (Å²) < 4.78 is 12.8. The van der Waals surface area contributed by atoms with Gasteiger partial charge in [0.15, 0.2) is 0 Å². The Labute approximate surface area is 248 Å². The molecule has 10 nitrogen and oxygen atoms in total. The molecule has 6 rings (SSSR count). The molecule has 0 spiro atoms. The number of nitrogens with zero attached hydrogens (tertiary/aromatic N) is 4. The average molecular weight is 575 g/mol. The van der Waals surface area contributed by atoms with E-state index in [1.807, 2.05) is 55.5 Å². The molecule has 2 aromatic carbocycles. The van der Waals surface area contributed by atoms with E-state index in [0.29, 0.717) is 28.7 Å². The fraction of sp³-hybridized carbons (Fsp3) is 0.182. The van der Waals surface area contributed by atoms with Crippen LogP contribution in [0, 0.1) is 6.92 Å². The van der Waals surface area contributed by atoms with Crippen molar-refractivity contribution in [2.75, 3.05) is 17.2 Å². The van der Waals surface area contributed by atoms with Crippen LogP contribution >= 0.6 is 0 Å². The Hall–Kier alpha value is -5.51. The molecule has 0 fully saturated rings. The first-order chi connectivity index (χ1) is 20.8. The molecule has 43 heavy (non-hydrogen) atoms. The predicted molar refractivity (Wildman–Crippen MR) is 165 cm³/mol. The van der Waals surface area contributed by atoms with Crippen LogP contribution in [0.1, 0.15) is 43.1 Å². The van der Waals surface area contributed by atoms with Crippen molar-refractivity contribution in [3.8, 4) is 17.2 Å². The molecule has 10 heteroatoms. The number of ether oxygens (including phenoxy) is 2. The van der Waals surface area contributed by atoms with Crippen LogP contribution in [0.5, 0.6) is 11.5 Å². The van der Waals surface area contributed by atoms with Crippen LogP contribution in [-0.2, 0) is 9.53 Å². The molecule has 0 aliphatic carbocycles. The van der Waals surface area contributed by atoms with Gasteiger partial charge in [-0.25, -0.2) is 9.48 Å². The van der Waals surface area contributed by atoms with Gasteiger partial charge in [0.05, 0.1) is 29.0 Å². The Morgan fingerprint density at radius 1 is 1.00 bits per heavy atom. The summed E-state index contributed by atoms with van der Waals surface area (Å²) in [4.78, 5) is 33.5. The first kappa shape index (κ1) is 27.6. The summed E-state index contributed by atoms with van der Waals surface area (Å²) >= 11 is 0. The smallest absolute Gasteiger partial charge is 0.324 e. The third-order valence-corrected chi connectivity index (χ3v) is 7.02. The van der Waals surface area contributed by atoms with Gasteiger partial charge in [0, 0.05) is 35.6 Å². The second kappa shape index (κ2) is 11.8. The number of nitrogens with one attached hydrogen (secondary N) is 2. The molecule has 5 aromatic rings. The number of urea groups is 1. The van der Waals surface area contributed by atoms with Crippen molar-refractivity contribution in [1.29, 1.82) is 0 Å². The van der Waals surface area contributed by atoms with Crippen LogP contribution in [0.4, 0.5) is 16.3 Å². The number of hydrogen-bond donors (Lipinski definition) is 2. The zero-order chi connectivity index (χ0) is 29.9. The summed E-state index contributed by atoms with van der Waals surface area (Å²) in [6.45, 7) is 6.26. The molecule has 0 saturated heterocycles. The first-order valence-corrected chi connectivity index (χ1v) is 13.9. The molecule has 1 aliphatic heterocycles. The summed E-state index contributed by atoms with van der Waals surface area (Å²) in [7, 11) is 0. The zero-order valence-electron chi connectivity index (χ0n) is 24.0. The zero-order valence-corrected chi connectivity index (χ0v) is 24.0. The molecule has 0 saturated carbocycles. The van der Waals surface area contributed by atoms with Gasteiger partial charge < -0.3 is 14.8 Å². The highest BCUT2D eigenvalue weighted by Crippen LogP contribution is 2.30. The number of amides is 2. The minimum absolute atomic E-state index is 0.176. The number of cyclic esters (lactones) is 1. The van der Waals surface area contributed by atoms with E-state index >= 15 is 0 Å². The lowest BCUT2D eigenvalue weighted by molar-refractivity contribution is -0.141. The summed E-state index contributed by atoms with van der Waals surface area (Å²) in [5, 5.41) is 11.6. The number of fused-ring (bicyclic) bond motifs is 1. The molecular formula is C33H30N6O4. The lowest BCUT2D eigenvalue weighted by atomic mass is 10.1. The second-order valence-corrected chi connectivity index (χ2v) is 10.5. The van der Waals surface area contributed by atoms with E-state index in [1.54, 1.807) is 41.3 Å². The largest absolute Gasteiger partial charge is 0.461 e. The Kier molecular flexibility index (Phi) is 7.57. The van der Waals surface area contributed by atoms with Crippen LogP contribution in [0.2, 0.25) is 0 Å². The molecule has 3 aromatic heterocycles. The third-order valence-electron chi connectivity index (χ3n) is 7.02. The van der Waals surface area contributed by atoms with Crippen LogP contribution in [0.25, 0.3) is 22.2 Å². The predicted octanol–water partition coefficient (Wildman–Crippen LogP) is 7.01. The Morgan fingerprint density at radius 2 is 1.88 bits per heavy atom. The molecular weight excluding hydrogens is 544 g/mol. The van der Waals surface area contributed by atoms with E-state index in [2.05, 4.69) is 34.4 Å². The SMILES string of the molecule is Cc1cc(NC(=O)Nc2cc(C(C)C)nn2-c2ccc3ncccc3c2)ccc1Oc1ccnc(C2=CCOC(=O)C2)c1. The number of pyridine rings is 2. The fourth-order valence-corrected chi connectivity index (χ4v) is 4.77. The molecule has 2 N–H and O–H groups in total. The third kappa shape index (κ3) is 6.23. The van der Waals surface area contributed by atoms with Crippen molar-refractivity contribution < 1.29 is 19.1 Å². The van der Waals surface area contributed by atoms with Gasteiger partial charge >= 0.3 is 12.0 Å². The van der Waals surface area contributed by atoms with Crippen LogP contribution in [-0.4, -0.2) is 38.4 Å². The number of benzene rings is 2. The number of rotatable bonds is 7. The van der Waals surface area contributed by atoms with Crippen molar-refractivity contribution in [1.82, 2.24) is 19.7 Å². The Balaban J connectivity index is 1.16. The topological polar surface area (TPSA) is 120 Å². The molecule has 0 bridgehead atoms. The van der Waals surface area contributed by atoms with Crippen molar-refractivity contribution in [2.45, 2.75) is 33.1 Å². The van der Waals surface area contributed by atoms with Gasteiger partial charge in [-0.15, -0.1) is 0 Å². The number of aromatic nitrogens is 4. The summed E-state index contributed by atoms with van der Waals surface area (Å²) in [6.07, 6.45) is 5.43. The summed E-state index contributed by atoms with van der Waals surface area (Å²) in [5.41, 5.74) is 5.47. The van der Waals surface area contributed by atoms with Gasteiger partial charge in [-0.05, 0) is 78.6 Å². The lowest BCUT2D eigenvalue weighted by Gasteiger charge is -2.15. The lowest BCUT2D eigenvalue weighted by Crippen LogP contribution is -2.21. The Morgan fingerprint density at radius 3 is 2.70 bits per heavy atom. The highest BCUT2D eigenvalue weighted by atomic mass is 16.5. The number of esters is 1. The van der Waals surface area contributed by atoms with Crippen LogP contribution in [0.3, 0.4) is 0 Å². The minimum atomic E-state index is -0.398. The number of carbonyl (C=O) groups is 2. The van der Waals surface area contributed by atoms with Gasteiger partial charge in [0.25, 0.3) is 0 Å². The summed E-state index contributed by atoms with van der Waals surface area (Å²) in [6, 6.07) is 20.2. The molecule has 2 amide bonds. The van der Waals surface area contributed by atoms with E-state index in [-0.39, 0.29) is 24.9 Å². The Bertz CT molecular complexity index is 1880. The maximum atomic E-state index is 13.1. The van der Waals surface area contributed by atoms with Crippen molar-refractivity contribution in [2.24, 2.45) is 0 Å². The highest BCUT2D eigenvalue weighted by Gasteiger charge is 2.17. The van der Waals surface area contributed by atoms with Crippen molar-refractivity contribution >= 4 is 40.0 Å². The first-order valence-electron chi connectivity index (χ1n) is 13.9. The van der Waals surface area contributed by atoms with Crippen molar-refractivity contribution in [3.05, 3.63) is 102 Å². The molecule has 0 unspecified atom stereocenters. The quantitative estimate of drug-likeness (QED) is 0.201. The van der Waals surface area contributed by atoms with Crippen molar-refractivity contribution in [3.63, 3.8) is 0 Å². The van der Waals surface area contributed by atoms with Gasteiger partial charge in [-0.2, -0.15) is 5.10 Å². The van der Waals surface area contributed by atoms with Gasteiger partial charge in [0.2, 0.25) is 0 Å². The van der Waals surface area contributed by atoms with Gasteiger partial charge in [-0.1, -0.05) is 19.9 Å². The average Bonchev–Trinajstić information content (AvgIpc) is 3.42. The standard InChI is InChI=1S/C33H30N6O4/c1-20(2)28-19-31(39(38-28)25-7-8-27-22(16-25)5-4-12-34-27)37-33(41)36-24-6-9-30(21(3)15-24)43-26-10-13-35-29(18-26)23-11-14-42-32(40)17-23/h4-13,15-16,18-20H,14,17H2,1-3H3,(H2,36,37,41). The number of hydrogen-bond acceptors (Lipinski definition) is 7. The van der Waals surface area contributed by atoms with E-state index in [9.17, 15) is 9.59 Å². The molecule has 4 heterocycles. The number of carbonyl (C=O) groups excluding carboxylic acids is 2. The van der Waals surface area contributed by atoms with E-state index in [4.69, 9.17) is 14.6 Å². The summed E-state index contributed by atoms with van der Waals surface area (Å²) in [5.74, 6) is 1.67. The minimum Gasteiger partial charge on any atom is -0.461 e. The van der Waals surface area contributed by atoms with Crippen LogP contribution in [0.15, 0.2) is 85.2 Å². The molecule has 0 atom stereocenters. The highest BCUT2D eigenvalue weighted by molar-refractivity contribution is 5.99. The van der Waals surface area contributed by atoms with Crippen LogP contribution < -0.4 is 15.4 Å². The number of aryl methyl sites for hydroxylation is 1. The van der Waals surface area contributed by atoms with E-state index < -0.39 is 6.03 Å². The normalized spacial score (nSPS) is 13.0. The maximum Gasteiger partial charge on any atom is 0.324 e. The van der Waals surface area contributed by atoms with Gasteiger partial charge in [0.1, 0.15) is 23.9 Å². The maximum absolute atomic E-state index is 13.1. The molecule has 216 valence electrons. The monoisotopic (exact) mass is 574 g/mol. The second-order valence-electron chi connectivity index (χ2n) is 10.5.